The van der Waals surface area contributed by atoms with Crippen LogP contribution in [0.4, 0.5) is 0 Å². The van der Waals surface area contributed by atoms with Crippen molar-refractivity contribution >= 4 is 33.2 Å². The minimum atomic E-state index is -0.427. The monoisotopic (exact) mass is 403 g/mol. The van der Waals surface area contributed by atoms with E-state index in [1.807, 2.05) is 47.8 Å². The number of carbonyl (C=O) groups is 1. The summed E-state index contributed by atoms with van der Waals surface area (Å²) in [5.41, 5.74) is 1.78. The second-order valence-corrected chi connectivity index (χ2v) is 6.69. The van der Waals surface area contributed by atoms with Crippen molar-refractivity contribution < 1.29 is 14.3 Å². The van der Waals surface area contributed by atoms with Gasteiger partial charge in [-0.1, -0.05) is 52.3 Å². The highest BCUT2D eigenvalue weighted by Gasteiger charge is 2.08. The number of carbonyl (C=O) groups excluding carboxylic acids is 1. The van der Waals surface area contributed by atoms with Crippen LogP contribution in [0.3, 0.4) is 0 Å². The van der Waals surface area contributed by atoms with Crippen molar-refractivity contribution in [2.75, 3.05) is 6.61 Å². The van der Waals surface area contributed by atoms with Gasteiger partial charge in [0.1, 0.15) is 17.4 Å². The Labute approximate surface area is 152 Å². The number of hydrogen-bond acceptors (Lipinski definition) is 5. The molecule has 4 nitrogen and oxygen atoms in total. The summed E-state index contributed by atoms with van der Waals surface area (Å²) in [6, 6.07) is 17.2. The Morgan fingerprint density at radius 1 is 1.12 bits per heavy atom. The highest BCUT2D eigenvalue weighted by atomic mass is 79.9. The van der Waals surface area contributed by atoms with Crippen molar-refractivity contribution in [1.29, 1.82) is 0 Å². The Balaban J connectivity index is 1.49. The average molecular weight is 404 g/mol. The van der Waals surface area contributed by atoms with Crippen LogP contribution in [0.5, 0.6) is 5.75 Å². The van der Waals surface area contributed by atoms with Crippen molar-refractivity contribution in [3.63, 3.8) is 0 Å². The van der Waals surface area contributed by atoms with E-state index in [0.29, 0.717) is 5.75 Å². The van der Waals surface area contributed by atoms with Crippen LogP contribution in [-0.2, 0) is 16.1 Å². The number of thiazole rings is 1. The second-order valence-electron chi connectivity index (χ2n) is 4.92. The lowest BCUT2D eigenvalue weighted by Gasteiger charge is -2.06. The van der Waals surface area contributed by atoms with E-state index in [1.165, 1.54) is 11.3 Å². The number of rotatable bonds is 6. The fourth-order valence-corrected chi connectivity index (χ4v) is 3.17. The third-order valence-electron chi connectivity index (χ3n) is 3.11. The van der Waals surface area contributed by atoms with Gasteiger partial charge in [-0.3, -0.25) is 0 Å². The van der Waals surface area contributed by atoms with Gasteiger partial charge in [-0.05, 0) is 18.2 Å². The quantitative estimate of drug-likeness (QED) is 0.559. The molecule has 0 fully saturated rings. The maximum Gasteiger partial charge on any atom is 0.344 e. The first kappa shape index (κ1) is 16.7. The van der Waals surface area contributed by atoms with Gasteiger partial charge in [0.25, 0.3) is 0 Å². The predicted molar refractivity (Wildman–Crippen MR) is 97.0 cm³/mol. The van der Waals surface area contributed by atoms with E-state index in [0.717, 1.165) is 20.7 Å². The molecule has 0 amide bonds. The van der Waals surface area contributed by atoms with Gasteiger partial charge >= 0.3 is 5.97 Å². The number of halogens is 1. The van der Waals surface area contributed by atoms with Gasteiger partial charge in [0.2, 0.25) is 0 Å². The molecule has 0 unspecified atom stereocenters. The van der Waals surface area contributed by atoms with Crippen LogP contribution in [0.1, 0.15) is 5.69 Å². The van der Waals surface area contributed by atoms with E-state index in [9.17, 15) is 4.79 Å². The highest BCUT2D eigenvalue weighted by molar-refractivity contribution is 9.10. The second kappa shape index (κ2) is 8.08. The highest BCUT2D eigenvalue weighted by Crippen LogP contribution is 2.23. The molecular weight excluding hydrogens is 390 g/mol. The lowest BCUT2D eigenvalue weighted by Crippen LogP contribution is -2.14. The molecule has 24 heavy (non-hydrogen) atoms. The molecule has 0 aliphatic rings. The number of hydrogen-bond donors (Lipinski definition) is 0. The molecule has 0 aliphatic carbocycles. The van der Waals surface area contributed by atoms with Crippen molar-refractivity contribution in [1.82, 2.24) is 4.98 Å². The Bertz CT molecular complexity index is 820. The maximum atomic E-state index is 11.8. The predicted octanol–water partition coefficient (Wildman–Crippen LogP) is 4.69. The normalized spacial score (nSPS) is 10.4. The fraction of sp³-hybridized carbons (Fsp3) is 0.111. The summed E-state index contributed by atoms with van der Waals surface area (Å²) >= 11 is 4.88. The maximum absolute atomic E-state index is 11.8. The van der Waals surface area contributed by atoms with Crippen LogP contribution < -0.4 is 4.74 Å². The third-order valence-corrected chi connectivity index (χ3v) is 4.54. The molecule has 3 aromatic rings. The fourth-order valence-electron chi connectivity index (χ4n) is 1.98. The molecule has 0 spiro atoms. The van der Waals surface area contributed by atoms with Crippen LogP contribution in [0.25, 0.3) is 10.6 Å². The van der Waals surface area contributed by atoms with E-state index in [2.05, 4.69) is 20.9 Å². The summed E-state index contributed by atoms with van der Waals surface area (Å²) in [6.45, 7) is 0.0101. The number of aromatic nitrogens is 1. The first-order chi connectivity index (χ1) is 11.7. The topological polar surface area (TPSA) is 48.4 Å². The molecule has 2 aromatic carbocycles. The van der Waals surface area contributed by atoms with E-state index in [1.54, 1.807) is 12.1 Å². The van der Waals surface area contributed by atoms with Gasteiger partial charge in [0, 0.05) is 15.4 Å². The largest absolute Gasteiger partial charge is 0.482 e. The van der Waals surface area contributed by atoms with Crippen molar-refractivity contribution in [3.05, 3.63) is 70.1 Å². The van der Waals surface area contributed by atoms with Crippen LogP contribution in [0.15, 0.2) is 64.5 Å². The van der Waals surface area contributed by atoms with Crippen molar-refractivity contribution in [2.24, 2.45) is 0 Å². The molecule has 0 saturated carbocycles. The van der Waals surface area contributed by atoms with Gasteiger partial charge in [-0.2, -0.15) is 0 Å². The zero-order chi connectivity index (χ0) is 16.8. The molecule has 1 aromatic heterocycles. The summed E-state index contributed by atoms with van der Waals surface area (Å²) in [5, 5.41) is 2.80. The number of ether oxygens (including phenoxy) is 2. The lowest BCUT2D eigenvalue weighted by atomic mass is 10.2. The van der Waals surface area contributed by atoms with E-state index in [4.69, 9.17) is 9.47 Å². The molecule has 0 aliphatic heterocycles. The molecule has 0 atom stereocenters. The number of benzene rings is 2. The van der Waals surface area contributed by atoms with E-state index < -0.39 is 5.97 Å². The van der Waals surface area contributed by atoms with Crippen LogP contribution in [0.2, 0.25) is 0 Å². The number of esters is 1. The molecular formula is C18H14BrNO3S. The van der Waals surface area contributed by atoms with Crippen LogP contribution in [-0.4, -0.2) is 17.6 Å². The SMILES string of the molecule is O=C(COc1cccc(Br)c1)OCc1csc(-c2ccccc2)n1. The Hall–Kier alpha value is -2.18. The Morgan fingerprint density at radius 2 is 1.96 bits per heavy atom. The first-order valence-corrected chi connectivity index (χ1v) is 8.92. The van der Waals surface area contributed by atoms with Gasteiger partial charge < -0.3 is 9.47 Å². The first-order valence-electron chi connectivity index (χ1n) is 7.24. The zero-order valence-corrected chi connectivity index (χ0v) is 15.0. The van der Waals surface area contributed by atoms with E-state index in [-0.39, 0.29) is 13.2 Å². The molecule has 0 bridgehead atoms. The molecule has 0 radical (unpaired) electrons. The van der Waals surface area contributed by atoms with E-state index >= 15 is 0 Å². The minimum absolute atomic E-state index is 0.133. The molecule has 0 N–H and O–H groups in total. The summed E-state index contributed by atoms with van der Waals surface area (Å²) < 4.78 is 11.5. The smallest absolute Gasteiger partial charge is 0.344 e. The minimum Gasteiger partial charge on any atom is -0.482 e. The lowest BCUT2D eigenvalue weighted by molar-refractivity contribution is -0.147. The van der Waals surface area contributed by atoms with Crippen LogP contribution >= 0.6 is 27.3 Å². The van der Waals surface area contributed by atoms with Crippen molar-refractivity contribution in [2.45, 2.75) is 6.61 Å². The van der Waals surface area contributed by atoms with Crippen molar-refractivity contribution in [3.8, 4) is 16.3 Å². The molecule has 6 heteroatoms. The summed E-state index contributed by atoms with van der Waals surface area (Å²) in [5.74, 6) is 0.186. The summed E-state index contributed by atoms with van der Waals surface area (Å²) in [7, 11) is 0. The molecule has 0 saturated heterocycles. The third kappa shape index (κ3) is 4.66. The summed E-state index contributed by atoms with van der Waals surface area (Å²) in [4.78, 5) is 16.2. The molecule has 122 valence electrons. The Kier molecular flexibility index (Phi) is 5.61. The van der Waals surface area contributed by atoms with Crippen LogP contribution in [0, 0.1) is 0 Å². The standard InChI is InChI=1S/C18H14BrNO3S/c19-14-7-4-8-16(9-14)22-11-17(21)23-10-15-12-24-18(20-15)13-5-2-1-3-6-13/h1-9,12H,10-11H2. The molecule has 1 heterocycles. The van der Waals surface area contributed by atoms with Gasteiger partial charge in [0.05, 0.1) is 5.69 Å². The van der Waals surface area contributed by atoms with Gasteiger partial charge in [-0.25, -0.2) is 9.78 Å². The number of nitrogens with zero attached hydrogens (tertiary/aromatic N) is 1. The van der Waals surface area contributed by atoms with Gasteiger partial charge in [0.15, 0.2) is 6.61 Å². The van der Waals surface area contributed by atoms with Gasteiger partial charge in [-0.15, -0.1) is 11.3 Å². The molecule has 3 rings (SSSR count). The zero-order valence-electron chi connectivity index (χ0n) is 12.6. The Morgan fingerprint density at radius 3 is 2.75 bits per heavy atom. The average Bonchev–Trinajstić information content (AvgIpc) is 3.08. The summed E-state index contributed by atoms with van der Waals surface area (Å²) in [6.07, 6.45) is 0.